The highest BCUT2D eigenvalue weighted by Crippen LogP contribution is 2.32. The van der Waals surface area contributed by atoms with Crippen LogP contribution in [0, 0.1) is 13.8 Å². The smallest absolute Gasteiger partial charge is 0.345 e. The summed E-state index contributed by atoms with van der Waals surface area (Å²) >= 11 is 2.96. The normalized spacial score (nSPS) is 10.6. The van der Waals surface area contributed by atoms with Crippen LogP contribution in [-0.2, 0) is 5.75 Å². The molecule has 0 saturated heterocycles. The summed E-state index contributed by atoms with van der Waals surface area (Å²) in [5, 5.41) is 8.97. The zero-order valence-electron chi connectivity index (χ0n) is 10.8. The molecule has 2 aromatic rings. The first kappa shape index (κ1) is 14.0. The van der Waals surface area contributed by atoms with Gasteiger partial charge in [0.25, 0.3) is 0 Å². The predicted molar refractivity (Wildman–Crippen MR) is 81.2 cm³/mol. The number of hydrogen-bond donors (Lipinski definition) is 2. The van der Waals surface area contributed by atoms with Gasteiger partial charge in [0.05, 0.1) is 0 Å². The Labute approximate surface area is 120 Å². The fourth-order valence-electron chi connectivity index (χ4n) is 1.69. The molecule has 0 aliphatic carbocycles. The highest BCUT2D eigenvalue weighted by molar-refractivity contribution is 7.98. The Balaban J connectivity index is 2.14. The van der Waals surface area contributed by atoms with Crippen molar-refractivity contribution in [2.24, 2.45) is 0 Å². The largest absolute Gasteiger partial charge is 0.477 e. The Morgan fingerprint density at radius 2 is 2.11 bits per heavy atom. The second-order valence-corrected chi connectivity index (χ2v) is 6.60. The molecule has 2 rings (SSSR count). The molecule has 3 nitrogen and oxygen atoms in total. The third-order valence-corrected chi connectivity index (χ3v) is 4.98. The molecule has 0 atom stereocenters. The van der Waals surface area contributed by atoms with E-state index < -0.39 is 5.97 Å². The Bertz CT molecular complexity index is 620. The number of nitrogens with two attached hydrogens (primary N) is 1. The van der Waals surface area contributed by atoms with Crippen molar-refractivity contribution in [3.63, 3.8) is 0 Å². The molecule has 0 aliphatic rings. The SMILES string of the molecule is Cc1ccc(N)c(SCc2cc(C(=O)O)sc2C)c1. The van der Waals surface area contributed by atoms with Crippen molar-refractivity contribution in [3.8, 4) is 0 Å². The van der Waals surface area contributed by atoms with E-state index in [0.717, 1.165) is 26.8 Å². The summed E-state index contributed by atoms with van der Waals surface area (Å²) in [6.07, 6.45) is 0. The molecule has 19 heavy (non-hydrogen) atoms. The van der Waals surface area contributed by atoms with Crippen LogP contribution in [0.3, 0.4) is 0 Å². The van der Waals surface area contributed by atoms with E-state index in [-0.39, 0.29) is 0 Å². The summed E-state index contributed by atoms with van der Waals surface area (Å²) in [5.41, 5.74) is 8.93. The lowest BCUT2D eigenvalue weighted by molar-refractivity contribution is 0.0702. The molecule has 5 heteroatoms. The lowest BCUT2D eigenvalue weighted by Gasteiger charge is -2.06. The number of carbonyl (C=O) groups is 1. The van der Waals surface area contributed by atoms with Gasteiger partial charge in [-0.15, -0.1) is 23.1 Å². The molecule has 0 bridgehead atoms. The molecule has 0 unspecified atom stereocenters. The number of aryl methyl sites for hydroxylation is 2. The van der Waals surface area contributed by atoms with E-state index in [0.29, 0.717) is 4.88 Å². The molecule has 0 amide bonds. The van der Waals surface area contributed by atoms with Crippen molar-refractivity contribution in [3.05, 3.63) is 45.1 Å². The number of carboxylic acids is 1. The average Bonchev–Trinajstić information content (AvgIpc) is 2.72. The number of carboxylic acid groups (broad SMARTS) is 1. The highest BCUT2D eigenvalue weighted by atomic mass is 32.2. The molecule has 0 aliphatic heterocycles. The van der Waals surface area contributed by atoms with E-state index in [1.54, 1.807) is 17.8 Å². The molecule has 1 aromatic carbocycles. The standard InChI is InChI=1S/C14H15NO2S2/c1-8-3-4-11(15)12(5-8)18-7-10-6-13(14(16)17)19-9(10)2/h3-6H,7,15H2,1-2H3,(H,16,17). The van der Waals surface area contributed by atoms with Crippen molar-refractivity contribution in [1.82, 2.24) is 0 Å². The number of rotatable bonds is 4. The predicted octanol–water partition coefficient (Wildman–Crippen LogP) is 3.94. The van der Waals surface area contributed by atoms with E-state index in [1.807, 2.05) is 26.0 Å². The van der Waals surface area contributed by atoms with Gasteiger partial charge in [-0.05, 0) is 43.2 Å². The summed E-state index contributed by atoms with van der Waals surface area (Å²) in [4.78, 5) is 13.4. The summed E-state index contributed by atoms with van der Waals surface area (Å²) in [5.74, 6) is -0.122. The van der Waals surface area contributed by atoms with Gasteiger partial charge in [-0.2, -0.15) is 0 Å². The molecule has 100 valence electrons. The van der Waals surface area contributed by atoms with Crippen LogP contribution in [0.4, 0.5) is 5.69 Å². The molecule has 1 aromatic heterocycles. The van der Waals surface area contributed by atoms with E-state index in [9.17, 15) is 4.79 Å². The maximum atomic E-state index is 10.9. The maximum absolute atomic E-state index is 10.9. The minimum atomic E-state index is -0.862. The number of thiophene rings is 1. The van der Waals surface area contributed by atoms with Crippen LogP contribution in [0.25, 0.3) is 0 Å². The third kappa shape index (κ3) is 3.30. The first-order valence-electron chi connectivity index (χ1n) is 5.79. The number of nitrogen functional groups attached to an aromatic ring is 1. The van der Waals surface area contributed by atoms with E-state index in [1.165, 1.54) is 16.9 Å². The first-order chi connectivity index (χ1) is 8.97. The van der Waals surface area contributed by atoms with Gasteiger partial charge in [0.1, 0.15) is 4.88 Å². The summed E-state index contributed by atoms with van der Waals surface area (Å²) in [7, 11) is 0. The zero-order valence-corrected chi connectivity index (χ0v) is 12.4. The monoisotopic (exact) mass is 293 g/mol. The van der Waals surface area contributed by atoms with Crippen LogP contribution in [0.1, 0.15) is 25.7 Å². The van der Waals surface area contributed by atoms with Crippen molar-refractivity contribution in [2.45, 2.75) is 24.5 Å². The summed E-state index contributed by atoms with van der Waals surface area (Å²) < 4.78 is 0. The van der Waals surface area contributed by atoms with Crippen LogP contribution in [-0.4, -0.2) is 11.1 Å². The van der Waals surface area contributed by atoms with Gasteiger partial charge in [0.15, 0.2) is 0 Å². The minimum absolute atomic E-state index is 0.394. The average molecular weight is 293 g/mol. The van der Waals surface area contributed by atoms with Crippen LogP contribution in [0.15, 0.2) is 29.2 Å². The van der Waals surface area contributed by atoms with Crippen molar-refractivity contribution in [1.29, 1.82) is 0 Å². The van der Waals surface area contributed by atoms with Gasteiger partial charge in [0, 0.05) is 21.2 Å². The second kappa shape index (κ2) is 5.67. The van der Waals surface area contributed by atoms with Gasteiger partial charge < -0.3 is 10.8 Å². The number of aromatic carboxylic acids is 1. The molecule has 0 fully saturated rings. The summed E-state index contributed by atoms with van der Waals surface area (Å²) in [6.45, 7) is 3.98. The summed E-state index contributed by atoms with van der Waals surface area (Å²) in [6, 6.07) is 7.69. The molecule has 3 N–H and O–H groups in total. The Hall–Kier alpha value is -1.46. The third-order valence-electron chi connectivity index (χ3n) is 2.78. The Kier molecular flexibility index (Phi) is 4.17. The lowest BCUT2D eigenvalue weighted by atomic mass is 10.2. The maximum Gasteiger partial charge on any atom is 0.345 e. The minimum Gasteiger partial charge on any atom is -0.477 e. The molecule has 1 heterocycles. The fourth-order valence-corrected chi connectivity index (χ4v) is 3.78. The molecular formula is C14H15NO2S2. The Morgan fingerprint density at radius 3 is 2.74 bits per heavy atom. The van der Waals surface area contributed by atoms with E-state index in [4.69, 9.17) is 10.8 Å². The van der Waals surface area contributed by atoms with Crippen molar-refractivity contribution < 1.29 is 9.90 Å². The first-order valence-corrected chi connectivity index (χ1v) is 7.59. The zero-order chi connectivity index (χ0) is 14.0. The van der Waals surface area contributed by atoms with Crippen LogP contribution >= 0.6 is 23.1 Å². The van der Waals surface area contributed by atoms with Gasteiger partial charge in [-0.3, -0.25) is 0 Å². The number of anilines is 1. The number of thioether (sulfide) groups is 1. The van der Waals surface area contributed by atoms with Crippen molar-refractivity contribution in [2.75, 3.05) is 5.73 Å². The molecular weight excluding hydrogens is 278 g/mol. The van der Waals surface area contributed by atoms with E-state index >= 15 is 0 Å². The molecule has 0 radical (unpaired) electrons. The topological polar surface area (TPSA) is 63.3 Å². The van der Waals surface area contributed by atoms with Gasteiger partial charge in [-0.1, -0.05) is 6.07 Å². The highest BCUT2D eigenvalue weighted by Gasteiger charge is 2.11. The quantitative estimate of drug-likeness (QED) is 0.662. The van der Waals surface area contributed by atoms with Crippen LogP contribution in [0.5, 0.6) is 0 Å². The lowest BCUT2D eigenvalue weighted by Crippen LogP contribution is -1.91. The van der Waals surface area contributed by atoms with Crippen LogP contribution < -0.4 is 5.73 Å². The molecule has 0 saturated carbocycles. The second-order valence-electron chi connectivity index (χ2n) is 4.33. The molecule has 0 spiro atoms. The van der Waals surface area contributed by atoms with Gasteiger partial charge in [0.2, 0.25) is 0 Å². The number of benzene rings is 1. The van der Waals surface area contributed by atoms with Crippen molar-refractivity contribution >= 4 is 34.8 Å². The van der Waals surface area contributed by atoms with Gasteiger partial charge in [-0.25, -0.2) is 4.79 Å². The van der Waals surface area contributed by atoms with Gasteiger partial charge >= 0.3 is 5.97 Å². The fraction of sp³-hybridized carbons (Fsp3) is 0.214. The number of hydrogen-bond acceptors (Lipinski definition) is 4. The Morgan fingerprint density at radius 1 is 1.37 bits per heavy atom. The van der Waals surface area contributed by atoms with E-state index in [2.05, 4.69) is 6.07 Å². The van der Waals surface area contributed by atoms with Crippen LogP contribution in [0.2, 0.25) is 0 Å².